The number of Topliss-reactive ketones (excluding diaryl/α,β-unsaturated/α-hetero) is 1. The van der Waals surface area contributed by atoms with Gasteiger partial charge in [-0.15, -0.1) is 0 Å². The number of nitrogens with one attached hydrogen (secondary N) is 1. The Balaban J connectivity index is 1.12. The summed E-state index contributed by atoms with van der Waals surface area (Å²) in [5.41, 5.74) is 18.1. The summed E-state index contributed by atoms with van der Waals surface area (Å²) in [6.45, 7) is 1.82. The normalized spacial score (nSPS) is 30.3. The number of nitrogens with two attached hydrogens (primary N) is 3. The third kappa shape index (κ3) is 10.8. The molecule has 0 radical (unpaired) electrons. The van der Waals surface area contributed by atoms with Crippen LogP contribution in [0.5, 0.6) is 0 Å². The summed E-state index contributed by atoms with van der Waals surface area (Å²) in [6.07, 6.45) is 9.87. The number of hydrogen-bond donors (Lipinski definition) is 4. The molecule has 3 fully saturated rings. The number of unbranched alkanes of at least 4 members (excludes halogenated alkanes) is 1. The van der Waals surface area contributed by atoms with Gasteiger partial charge in [0, 0.05) is 51.5 Å². The highest BCUT2D eigenvalue weighted by atomic mass is 16.6. The lowest BCUT2D eigenvalue weighted by Gasteiger charge is -2.40. The number of allylic oxidation sites excluding steroid dienone is 2. The largest absolute Gasteiger partial charge is 0.443 e. The maximum absolute atomic E-state index is 13.5. The molecule has 6 atom stereocenters. The molecule has 2 amide bonds. The molecule has 0 aromatic heterocycles. The SMILES string of the molecule is [2H]C1C[C@@H](OC(=O)N2CCN(C(=O)C3CCC(CN)CC3)CC2)[C@H](OCc2ccccc2)[C@@H](COC(N)CCCCC(=O)C2(CN)C=CC=CN2)O1. The summed E-state index contributed by atoms with van der Waals surface area (Å²) in [5.74, 6) is 0.726. The molecule has 4 aliphatic rings. The summed E-state index contributed by atoms with van der Waals surface area (Å²) in [4.78, 5) is 43.1. The van der Waals surface area contributed by atoms with Crippen LogP contribution < -0.4 is 22.5 Å². The first-order chi connectivity index (χ1) is 25.2. The summed E-state index contributed by atoms with van der Waals surface area (Å²) in [5, 5.41) is 3.09. The van der Waals surface area contributed by atoms with Crippen molar-refractivity contribution >= 4 is 17.8 Å². The van der Waals surface area contributed by atoms with Crippen LogP contribution in [0.1, 0.15) is 64.7 Å². The summed E-state index contributed by atoms with van der Waals surface area (Å²) in [7, 11) is 0. The van der Waals surface area contributed by atoms with Gasteiger partial charge >= 0.3 is 6.09 Å². The van der Waals surface area contributed by atoms with Crippen molar-refractivity contribution in [3.63, 3.8) is 0 Å². The average Bonchev–Trinajstić information content (AvgIpc) is 3.18. The van der Waals surface area contributed by atoms with E-state index in [-0.39, 0.29) is 43.8 Å². The van der Waals surface area contributed by atoms with E-state index in [1.54, 1.807) is 17.2 Å². The maximum Gasteiger partial charge on any atom is 0.410 e. The van der Waals surface area contributed by atoms with E-state index in [1.807, 2.05) is 47.4 Å². The van der Waals surface area contributed by atoms with Crippen LogP contribution in [-0.2, 0) is 35.1 Å². The molecule has 3 heterocycles. The number of hydrogen-bond acceptors (Lipinski definition) is 11. The van der Waals surface area contributed by atoms with E-state index < -0.39 is 42.8 Å². The predicted octanol–water partition coefficient (Wildman–Crippen LogP) is 2.58. The maximum atomic E-state index is 13.5. The standard InChI is InChI=1S/C38H58N6O7/c39-24-28-12-14-30(15-13-28)36(46)43-19-21-44(22-20-43)37(47)51-31-16-23-48-32(35(31)50-25-29-8-2-1-3-9-29)26-49-34(41)11-5-4-10-33(45)38(27-40)17-6-7-18-42-38/h1-3,6-9,17-18,28,30-32,34-35,42H,4-5,10-16,19-27,39-41H2/t28?,30?,31-,32-,34?,35+,38?/m1/s1/i23D/t23?,28?,30?,31-,32-,34?,35+,38?. The number of dihydropyridines is 1. The van der Waals surface area contributed by atoms with Gasteiger partial charge in [-0.1, -0.05) is 42.5 Å². The van der Waals surface area contributed by atoms with Gasteiger partial charge in [-0.3, -0.25) is 9.59 Å². The number of carbonyl (C=O) groups is 3. The van der Waals surface area contributed by atoms with Crippen LogP contribution in [0, 0.1) is 11.8 Å². The van der Waals surface area contributed by atoms with Crippen LogP contribution in [-0.4, -0.2) is 110 Å². The Kier molecular flexibility index (Phi) is 14.3. The molecule has 3 aliphatic heterocycles. The zero-order valence-corrected chi connectivity index (χ0v) is 29.7. The molecular weight excluding hydrogens is 652 g/mol. The van der Waals surface area contributed by atoms with Crippen LogP contribution in [0.3, 0.4) is 0 Å². The molecule has 0 spiro atoms. The first kappa shape index (κ1) is 37.4. The van der Waals surface area contributed by atoms with Gasteiger partial charge in [-0.05, 0) is 75.2 Å². The smallest absolute Gasteiger partial charge is 0.410 e. The Labute approximate surface area is 303 Å². The fourth-order valence-corrected chi connectivity index (χ4v) is 7.26. The van der Waals surface area contributed by atoms with Gasteiger partial charge in [0.25, 0.3) is 0 Å². The van der Waals surface area contributed by atoms with Crippen molar-refractivity contribution < 1.29 is 34.7 Å². The van der Waals surface area contributed by atoms with Gasteiger partial charge in [0.15, 0.2) is 5.78 Å². The molecule has 1 aliphatic carbocycles. The minimum absolute atomic E-state index is 0.0253. The van der Waals surface area contributed by atoms with E-state index >= 15 is 0 Å². The number of nitrogens with zero attached hydrogens (tertiary/aromatic N) is 2. The fourth-order valence-electron chi connectivity index (χ4n) is 7.26. The highest BCUT2D eigenvalue weighted by molar-refractivity contribution is 5.91. The number of ether oxygens (including phenoxy) is 4. The zero-order valence-electron chi connectivity index (χ0n) is 30.7. The molecule has 1 aromatic carbocycles. The first-order valence-electron chi connectivity index (χ1n) is 19.2. The summed E-state index contributed by atoms with van der Waals surface area (Å²) < 4.78 is 32.9. The number of rotatable bonds is 16. The molecule has 0 bridgehead atoms. The summed E-state index contributed by atoms with van der Waals surface area (Å²) in [6, 6.07) is 9.66. The fraction of sp³-hybridized carbons (Fsp3) is 0.658. The van der Waals surface area contributed by atoms with Crippen LogP contribution in [0.15, 0.2) is 54.8 Å². The Hall–Kier alpha value is -3.33. The molecule has 51 heavy (non-hydrogen) atoms. The third-order valence-electron chi connectivity index (χ3n) is 10.6. The van der Waals surface area contributed by atoms with Crippen molar-refractivity contribution in [2.75, 3.05) is 52.5 Å². The van der Waals surface area contributed by atoms with E-state index in [0.717, 1.165) is 31.2 Å². The van der Waals surface area contributed by atoms with E-state index in [9.17, 15) is 14.4 Å². The molecule has 7 N–H and O–H groups in total. The molecule has 1 saturated carbocycles. The van der Waals surface area contributed by atoms with Gasteiger partial charge in [0.2, 0.25) is 5.91 Å². The number of benzene rings is 1. The minimum atomic E-state index is -0.957. The second-order valence-corrected chi connectivity index (χ2v) is 14.1. The molecule has 5 rings (SSSR count). The topological polar surface area (TPSA) is 185 Å². The quantitative estimate of drug-likeness (QED) is 0.146. The van der Waals surface area contributed by atoms with Crippen LogP contribution in [0.25, 0.3) is 0 Å². The Bertz CT molecular complexity index is 1350. The average molecular weight is 712 g/mol. The van der Waals surface area contributed by atoms with E-state index in [0.29, 0.717) is 64.3 Å². The van der Waals surface area contributed by atoms with Gasteiger partial charge in [-0.25, -0.2) is 4.79 Å². The lowest BCUT2D eigenvalue weighted by atomic mass is 9.81. The van der Waals surface area contributed by atoms with Crippen LogP contribution in [0.2, 0.25) is 0 Å². The Morgan fingerprint density at radius 1 is 1.00 bits per heavy atom. The van der Waals surface area contributed by atoms with Crippen molar-refractivity contribution in [1.29, 1.82) is 0 Å². The van der Waals surface area contributed by atoms with Crippen molar-refractivity contribution in [2.24, 2.45) is 29.0 Å². The van der Waals surface area contributed by atoms with Gasteiger partial charge in [0.05, 0.1) is 21.2 Å². The highest BCUT2D eigenvalue weighted by Crippen LogP contribution is 2.30. The first-order valence-corrected chi connectivity index (χ1v) is 18.6. The van der Waals surface area contributed by atoms with Crippen LogP contribution >= 0.6 is 0 Å². The minimum Gasteiger partial charge on any atom is -0.443 e. The number of amides is 2. The second-order valence-electron chi connectivity index (χ2n) is 14.1. The molecule has 1 aromatic rings. The molecule has 13 nitrogen and oxygen atoms in total. The van der Waals surface area contributed by atoms with Gasteiger partial charge in [0.1, 0.15) is 30.1 Å². The predicted molar refractivity (Wildman–Crippen MR) is 193 cm³/mol. The number of piperazine rings is 1. The molecule has 13 heteroatoms. The molecule has 282 valence electrons. The Morgan fingerprint density at radius 2 is 1.75 bits per heavy atom. The Morgan fingerprint density at radius 3 is 2.43 bits per heavy atom. The van der Waals surface area contributed by atoms with Gasteiger partial charge < -0.3 is 51.3 Å². The van der Waals surface area contributed by atoms with Crippen molar-refractivity contribution in [1.82, 2.24) is 15.1 Å². The van der Waals surface area contributed by atoms with Crippen molar-refractivity contribution in [3.05, 3.63) is 60.3 Å². The molecular formula is C38H58N6O7. The zero-order chi connectivity index (χ0) is 36.9. The molecule has 2 saturated heterocycles. The van der Waals surface area contributed by atoms with E-state index in [1.165, 1.54) is 0 Å². The second kappa shape index (κ2) is 19.5. The van der Waals surface area contributed by atoms with E-state index in [2.05, 4.69) is 5.32 Å². The summed E-state index contributed by atoms with van der Waals surface area (Å²) >= 11 is 0. The van der Waals surface area contributed by atoms with Crippen LogP contribution in [0.4, 0.5) is 4.79 Å². The lowest BCUT2D eigenvalue weighted by molar-refractivity contribution is -0.187. The highest BCUT2D eigenvalue weighted by Gasteiger charge is 2.40. The van der Waals surface area contributed by atoms with Crippen molar-refractivity contribution in [3.8, 4) is 0 Å². The monoisotopic (exact) mass is 711 g/mol. The molecule has 3 unspecified atom stereocenters. The van der Waals surface area contributed by atoms with Gasteiger partial charge in [-0.2, -0.15) is 0 Å². The van der Waals surface area contributed by atoms with E-state index in [4.69, 9.17) is 37.5 Å². The number of carbonyl (C=O) groups excluding carboxylic acids is 3. The number of ketones is 1. The van der Waals surface area contributed by atoms with Crippen molar-refractivity contribution in [2.45, 2.75) is 94.5 Å². The third-order valence-corrected chi connectivity index (χ3v) is 10.6. The lowest BCUT2D eigenvalue weighted by Crippen LogP contribution is -2.55.